The third kappa shape index (κ3) is 3.64. The zero-order valence-corrected chi connectivity index (χ0v) is 15.0. The van der Waals surface area contributed by atoms with Gasteiger partial charge in [0.2, 0.25) is 16.3 Å². The number of aromatic nitrogens is 1. The highest BCUT2D eigenvalue weighted by molar-refractivity contribution is 7.89. The van der Waals surface area contributed by atoms with E-state index in [-0.39, 0.29) is 37.8 Å². The zero-order valence-electron chi connectivity index (χ0n) is 14.2. The molecule has 0 bridgehead atoms. The molecule has 0 aromatic carbocycles. The molecule has 1 aromatic heterocycles. The predicted molar refractivity (Wildman–Crippen MR) is 85.9 cm³/mol. The Morgan fingerprint density at radius 1 is 1.40 bits per heavy atom. The van der Waals surface area contributed by atoms with Crippen molar-refractivity contribution in [3.8, 4) is 0 Å². The van der Waals surface area contributed by atoms with Crippen molar-refractivity contribution in [3.05, 3.63) is 17.7 Å². The fourth-order valence-electron chi connectivity index (χ4n) is 2.99. The second-order valence-electron chi connectivity index (χ2n) is 6.75. The summed E-state index contributed by atoms with van der Waals surface area (Å²) in [4.78, 5) is 33.8. The van der Waals surface area contributed by atoms with Crippen LogP contribution in [0.5, 0.6) is 0 Å². The van der Waals surface area contributed by atoms with Crippen molar-refractivity contribution in [2.24, 2.45) is 12.5 Å². The Kier molecular flexibility index (Phi) is 5.14. The molecule has 8 nitrogen and oxygen atoms in total. The van der Waals surface area contributed by atoms with Crippen LogP contribution in [0.3, 0.4) is 0 Å². The molecule has 0 aliphatic carbocycles. The summed E-state index contributed by atoms with van der Waals surface area (Å²) in [6.45, 7) is 3.91. The quantitative estimate of drug-likeness (QED) is 0.581. The van der Waals surface area contributed by atoms with Crippen molar-refractivity contribution in [1.82, 2.24) is 14.2 Å². The van der Waals surface area contributed by atoms with E-state index in [4.69, 9.17) is 0 Å². The highest BCUT2D eigenvalue weighted by atomic mass is 32.2. The first-order chi connectivity index (χ1) is 11.5. The molecule has 1 aliphatic heterocycles. The van der Waals surface area contributed by atoms with Gasteiger partial charge in [-0.3, -0.25) is 14.4 Å². The van der Waals surface area contributed by atoms with Crippen LogP contribution in [0.1, 0.15) is 30.8 Å². The topological polar surface area (TPSA) is 106 Å². The van der Waals surface area contributed by atoms with Gasteiger partial charge in [0.15, 0.2) is 12.1 Å². The molecule has 10 heteroatoms. The van der Waals surface area contributed by atoms with E-state index in [2.05, 4.69) is 4.72 Å². The number of carbonyl (C=O) groups is 3. The summed E-state index contributed by atoms with van der Waals surface area (Å²) >= 11 is 0. The standard InChI is InChI=1S/C15H20FN3O5S/c1-15(2)9-19(13(22)8-21)5-4-12(15)17-25(23,24)11-6-18(3)10(7-20)14(11)16/h6-8,12,17H,4-5,9H2,1-3H3. The van der Waals surface area contributed by atoms with E-state index in [1.165, 1.54) is 11.9 Å². The smallest absolute Gasteiger partial charge is 0.286 e. The van der Waals surface area contributed by atoms with Crippen molar-refractivity contribution in [2.45, 2.75) is 31.2 Å². The number of nitrogens with one attached hydrogen (secondary N) is 1. The minimum Gasteiger partial charge on any atom is -0.345 e. The largest absolute Gasteiger partial charge is 0.345 e. The first-order valence-electron chi connectivity index (χ1n) is 7.60. The lowest BCUT2D eigenvalue weighted by Gasteiger charge is -2.43. The first-order valence-corrected chi connectivity index (χ1v) is 9.08. The van der Waals surface area contributed by atoms with Crippen LogP contribution in [0.15, 0.2) is 11.1 Å². The van der Waals surface area contributed by atoms with Crippen molar-refractivity contribution in [3.63, 3.8) is 0 Å². The van der Waals surface area contributed by atoms with E-state index >= 15 is 0 Å². The average Bonchev–Trinajstić information content (AvgIpc) is 2.83. The minimum absolute atomic E-state index is 0.189. The fraction of sp³-hybridized carbons (Fsp3) is 0.533. The molecule has 1 aromatic rings. The molecule has 1 unspecified atom stereocenters. The van der Waals surface area contributed by atoms with E-state index in [0.717, 1.165) is 10.8 Å². The lowest BCUT2D eigenvalue weighted by atomic mass is 9.79. The Hall–Kier alpha value is -2.07. The van der Waals surface area contributed by atoms with Crippen LogP contribution >= 0.6 is 0 Å². The number of rotatable bonds is 5. The third-order valence-corrected chi connectivity index (χ3v) is 5.93. The van der Waals surface area contributed by atoms with E-state index in [9.17, 15) is 27.2 Å². The molecule has 0 saturated carbocycles. The number of hydrogen-bond donors (Lipinski definition) is 1. The Morgan fingerprint density at radius 2 is 2.04 bits per heavy atom. The van der Waals surface area contributed by atoms with Gasteiger partial charge in [0, 0.05) is 32.4 Å². The number of sulfonamides is 1. The second-order valence-corrected chi connectivity index (χ2v) is 8.43. The summed E-state index contributed by atoms with van der Waals surface area (Å²) in [5, 5.41) is 0. The lowest BCUT2D eigenvalue weighted by molar-refractivity contribution is -0.141. The van der Waals surface area contributed by atoms with Gasteiger partial charge in [-0.15, -0.1) is 0 Å². The summed E-state index contributed by atoms with van der Waals surface area (Å²) in [6, 6.07) is -0.563. The maximum atomic E-state index is 14.2. The molecule has 1 N–H and O–H groups in total. The van der Waals surface area contributed by atoms with E-state index in [1.54, 1.807) is 13.8 Å². The van der Waals surface area contributed by atoms with Gasteiger partial charge in [-0.25, -0.2) is 17.5 Å². The molecule has 1 fully saturated rings. The Bertz CT molecular complexity index is 815. The van der Waals surface area contributed by atoms with Crippen molar-refractivity contribution in [1.29, 1.82) is 0 Å². The highest BCUT2D eigenvalue weighted by Crippen LogP contribution is 2.31. The van der Waals surface area contributed by atoms with Crippen molar-refractivity contribution >= 4 is 28.5 Å². The van der Waals surface area contributed by atoms with Crippen LogP contribution in [-0.2, 0) is 26.7 Å². The molecule has 1 atom stereocenters. The number of likely N-dealkylation sites (tertiary alicyclic amines) is 1. The Balaban J connectivity index is 2.25. The number of nitrogens with zero attached hydrogens (tertiary/aromatic N) is 2. The molecule has 0 radical (unpaired) electrons. The molecular formula is C15H20FN3O5S. The van der Waals surface area contributed by atoms with E-state index in [0.29, 0.717) is 0 Å². The van der Waals surface area contributed by atoms with Crippen LogP contribution in [-0.4, -0.2) is 55.5 Å². The van der Waals surface area contributed by atoms with Crippen LogP contribution in [0, 0.1) is 11.2 Å². The normalized spacial score (nSPS) is 20.3. The Morgan fingerprint density at radius 3 is 2.52 bits per heavy atom. The zero-order chi connectivity index (χ0) is 19.0. The number of aryl methyl sites for hydroxylation is 1. The van der Waals surface area contributed by atoms with Crippen LogP contribution in [0.2, 0.25) is 0 Å². The van der Waals surface area contributed by atoms with E-state index in [1.807, 2.05) is 0 Å². The number of aldehydes is 2. The molecule has 1 amide bonds. The Labute approximate surface area is 145 Å². The number of carbonyl (C=O) groups excluding carboxylic acids is 3. The minimum atomic E-state index is -4.19. The second kappa shape index (κ2) is 6.68. The number of amides is 1. The highest BCUT2D eigenvalue weighted by Gasteiger charge is 2.40. The number of halogens is 1. The maximum absolute atomic E-state index is 14.2. The number of piperidine rings is 1. The third-order valence-electron chi connectivity index (χ3n) is 4.47. The van der Waals surface area contributed by atoms with Gasteiger partial charge in [0.1, 0.15) is 10.6 Å². The van der Waals surface area contributed by atoms with Gasteiger partial charge in [-0.2, -0.15) is 0 Å². The molecular weight excluding hydrogens is 353 g/mol. The van der Waals surface area contributed by atoms with Crippen molar-refractivity contribution in [2.75, 3.05) is 13.1 Å². The van der Waals surface area contributed by atoms with Crippen molar-refractivity contribution < 1.29 is 27.2 Å². The molecule has 2 rings (SSSR count). The SMILES string of the molecule is Cn1cc(S(=O)(=O)NC2CCN(C(=O)C=O)CC2(C)C)c(F)c1C=O. The maximum Gasteiger partial charge on any atom is 0.286 e. The molecule has 1 aliphatic rings. The summed E-state index contributed by atoms with van der Waals surface area (Å²) in [5.41, 5.74) is -1.02. The van der Waals surface area contributed by atoms with E-state index < -0.39 is 38.1 Å². The molecule has 138 valence electrons. The molecule has 0 spiro atoms. The van der Waals surface area contributed by atoms with Crippen LogP contribution < -0.4 is 4.72 Å². The van der Waals surface area contributed by atoms with Crippen LogP contribution in [0.4, 0.5) is 4.39 Å². The van der Waals surface area contributed by atoms with Gasteiger partial charge < -0.3 is 9.47 Å². The lowest BCUT2D eigenvalue weighted by Crippen LogP contribution is -2.57. The van der Waals surface area contributed by atoms with Gasteiger partial charge in [-0.1, -0.05) is 13.8 Å². The van der Waals surface area contributed by atoms with Gasteiger partial charge in [0.05, 0.1) is 0 Å². The van der Waals surface area contributed by atoms with Crippen LogP contribution in [0.25, 0.3) is 0 Å². The van der Waals surface area contributed by atoms with Gasteiger partial charge >= 0.3 is 0 Å². The molecule has 25 heavy (non-hydrogen) atoms. The van der Waals surface area contributed by atoms with Gasteiger partial charge in [-0.05, 0) is 11.8 Å². The number of hydrogen-bond acceptors (Lipinski definition) is 5. The fourth-order valence-corrected chi connectivity index (χ4v) is 4.57. The summed E-state index contributed by atoms with van der Waals surface area (Å²) in [7, 11) is -2.82. The molecule has 1 saturated heterocycles. The monoisotopic (exact) mass is 373 g/mol. The molecule has 2 heterocycles. The summed E-state index contributed by atoms with van der Waals surface area (Å²) < 4.78 is 42.8. The summed E-state index contributed by atoms with van der Waals surface area (Å²) in [6.07, 6.45) is 1.79. The average molecular weight is 373 g/mol. The van der Waals surface area contributed by atoms with Gasteiger partial charge in [0.25, 0.3) is 5.91 Å². The predicted octanol–water partition coefficient (Wildman–Crippen LogP) is 0.0810. The first kappa shape index (κ1) is 19.3. The summed E-state index contributed by atoms with van der Waals surface area (Å²) in [5.74, 6) is -1.75.